The van der Waals surface area contributed by atoms with Gasteiger partial charge in [-0.2, -0.15) is 0 Å². The van der Waals surface area contributed by atoms with Crippen molar-refractivity contribution in [3.8, 4) is 0 Å². The number of hydrogen-bond acceptors (Lipinski definition) is 5. The molecule has 14 heavy (non-hydrogen) atoms. The normalized spacial score (nSPS) is 10.1. The predicted octanol–water partition coefficient (Wildman–Crippen LogP) is 1.06. The van der Waals surface area contributed by atoms with E-state index in [-0.39, 0.29) is 23.1 Å². The van der Waals surface area contributed by atoms with E-state index < -0.39 is 5.97 Å². The maximum Gasteiger partial charge on any atom is 0.309 e. The molecule has 0 aliphatic carbocycles. The molecule has 1 heterocycles. The van der Waals surface area contributed by atoms with Gasteiger partial charge in [-0.3, -0.25) is 4.79 Å². The lowest BCUT2D eigenvalue weighted by Crippen LogP contribution is -2.07. The Labute approximate surface area is 89.7 Å². The Morgan fingerprint density at radius 2 is 2.29 bits per heavy atom. The second-order valence-electron chi connectivity index (χ2n) is 2.42. The molecular weight excluding hydrogens is 226 g/mol. The number of carboxylic acid groups (broad SMARTS) is 1. The van der Waals surface area contributed by atoms with Gasteiger partial charge in [-0.15, -0.1) is 11.8 Å². The highest BCUT2D eigenvalue weighted by Gasteiger charge is 2.13. The van der Waals surface area contributed by atoms with E-state index in [0.717, 1.165) is 0 Å². The summed E-state index contributed by atoms with van der Waals surface area (Å²) in [6.45, 7) is 0. The SMILES string of the molecule is CSc1nc(N)nc(CC(=O)O)c1Cl. The molecule has 0 radical (unpaired) electrons. The minimum absolute atomic E-state index is 0.0370. The van der Waals surface area contributed by atoms with Gasteiger partial charge in [0.05, 0.1) is 17.1 Å². The van der Waals surface area contributed by atoms with Gasteiger partial charge in [0.2, 0.25) is 5.95 Å². The lowest BCUT2D eigenvalue weighted by molar-refractivity contribution is -0.136. The highest BCUT2D eigenvalue weighted by molar-refractivity contribution is 7.98. The Morgan fingerprint density at radius 1 is 1.64 bits per heavy atom. The average Bonchev–Trinajstić information content (AvgIpc) is 2.09. The summed E-state index contributed by atoms with van der Waals surface area (Å²) in [7, 11) is 0. The van der Waals surface area contributed by atoms with Crippen LogP contribution in [0.1, 0.15) is 5.69 Å². The number of halogens is 1. The summed E-state index contributed by atoms with van der Waals surface area (Å²) < 4.78 is 0. The van der Waals surface area contributed by atoms with Gasteiger partial charge in [0.1, 0.15) is 5.03 Å². The van der Waals surface area contributed by atoms with Gasteiger partial charge in [-0.25, -0.2) is 9.97 Å². The van der Waals surface area contributed by atoms with Crippen LogP contribution in [0.25, 0.3) is 0 Å². The summed E-state index contributed by atoms with van der Waals surface area (Å²) in [5.41, 5.74) is 5.64. The van der Waals surface area contributed by atoms with Crippen LogP contribution in [0, 0.1) is 0 Å². The maximum absolute atomic E-state index is 10.5. The third-order valence-corrected chi connectivity index (χ3v) is 2.61. The highest BCUT2D eigenvalue weighted by atomic mass is 35.5. The van der Waals surface area contributed by atoms with E-state index in [1.165, 1.54) is 11.8 Å². The summed E-state index contributed by atoms with van der Waals surface area (Å²) in [4.78, 5) is 18.1. The van der Waals surface area contributed by atoms with Crippen LogP contribution < -0.4 is 5.73 Å². The first kappa shape index (κ1) is 11.1. The van der Waals surface area contributed by atoms with E-state index in [2.05, 4.69) is 9.97 Å². The molecular formula is C7H8ClN3O2S. The van der Waals surface area contributed by atoms with Crippen molar-refractivity contribution in [2.24, 2.45) is 0 Å². The fraction of sp³-hybridized carbons (Fsp3) is 0.286. The van der Waals surface area contributed by atoms with E-state index >= 15 is 0 Å². The molecule has 1 aromatic heterocycles. The van der Waals surface area contributed by atoms with Gasteiger partial charge in [-0.1, -0.05) is 11.6 Å². The van der Waals surface area contributed by atoms with Crippen LogP contribution in [0.2, 0.25) is 5.02 Å². The fourth-order valence-electron chi connectivity index (χ4n) is 0.885. The molecule has 0 aliphatic rings. The average molecular weight is 234 g/mol. The number of nitrogens with zero attached hydrogens (tertiary/aromatic N) is 2. The van der Waals surface area contributed by atoms with E-state index in [1.54, 1.807) is 6.26 Å². The van der Waals surface area contributed by atoms with E-state index in [1.807, 2.05) is 0 Å². The Kier molecular flexibility index (Phi) is 3.54. The number of aromatic nitrogens is 2. The molecule has 0 fully saturated rings. The second kappa shape index (κ2) is 4.47. The molecule has 1 aromatic rings. The van der Waals surface area contributed by atoms with Crippen LogP contribution in [-0.4, -0.2) is 27.3 Å². The molecule has 0 saturated carbocycles. The number of nitrogens with two attached hydrogens (primary N) is 1. The van der Waals surface area contributed by atoms with Crippen LogP contribution >= 0.6 is 23.4 Å². The smallest absolute Gasteiger partial charge is 0.309 e. The van der Waals surface area contributed by atoms with E-state index in [9.17, 15) is 4.79 Å². The quantitative estimate of drug-likeness (QED) is 0.600. The zero-order valence-corrected chi connectivity index (χ0v) is 8.89. The molecule has 0 saturated heterocycles. The molecule has 0 spiro atoms. The molecule has 0 amide bonds. The van der Waals surface area contributed by atoms with Gasteiger partial charge >= 0.3 is 5.97 Å². The van der Waals surface area contributed by atoms with E-state index in [4.69, 9.17) is 22.4 Å². The molecule has 1 rings (SSSR count). The van der Waals surface area contributed by atoms with Crippen LogP contribution in [0.5, 0.6) is 0 Å². The zero-order chi connectivity index (χ0) is 10.7. The number of carbonyl (C=O) groups is 1. The van der Waals surface area contributed by atoms with Gasteiger partial charge in [-0.05, 0) is 6.26 Å². The lowest BCUT2D eigenvalue weighted by atomic mass is 10.3. The highest BCUT2D eigenvalue weighted by Crippen LogP contribution is 2.26. The third kappa shape index (κ3) is 2.49. The van der Waals surface area contributed by atoms with Crippen molar-refractivity contribution in [2.45, 2.75) is 11.4 Å². The first-order valence-electron chi connectivity index (χ1n) is 3.62. The Balaban J connectivity index is 3.15. The van der Waals surface area contributed by atoms with Crippen molar-refractivity contribution in [2.75, 3.05) is 12.0 Å². The summed E-state index contributed by atoms with van der Waals surface area (Å²) in [5.74, 6) is -0.966. The summed E-state index contributed by atoms with van der Waals surface area (Å²) in [6, 6.07) is 0. The van der Waals surface area contributed by atoms with Crippen LogP contribution in [0.3, 0.4) is 0 Å². The van der Waals surface area contributed by atoms with Gasteiger partial charge in [0.25, 0.3) is 0 Å². The van der Waals surface area contributed by atoms with Crippen molar-refractivity contribution in [3.63, 3.8) is 0 Å². The van der Waals surface area contributed by atoms with Gasteiger partial charge < -0.3 is 10.8 Å². The number of anilines is 1. The standard InChI is InChI=1S/C7H8ClN3O2S/c1-14-6-5(8)3(2-4(12)13)10-7(9)11-6/h2H2,1H3,(H,12,13)(H2,9,10,11). The minimum atomic E-state index is -1.00. The van der Waals surface area contributed by atoms with Gasteiger partial charge in [0.15, 0.2) is 0 Å². The summed E-state index contributed by atoms with van der Waals surface area (Å²) >= 11 is 7.16. The minimum Gasteiger partial charge on any atom is -0.481 e. The number of hydrogen-bond donors (Lipinski definition) is 2. The summed E-state index contributed by atoms with van der Waals surface area (Å²) in [5, 5.41) is 9.33. The molecule has 0 aromatic carbocycles. The Morgan fingerprint density at radius 3 is 2.79 bits per heavy atom. The van der Waals surface area contributed by atoms with Crippen molar-refractivity contribution >= 4 is 35.3 Å². The Bertz CT molecular complexity index is 372. The molecule has 5 nitrogen and oxygen atoms in total. The van der Waals surface area contributed by atoms with Crippen LogP contribution in [0.15, 0.2) is 5.03 Å². The van der Waals surface area contributed by atoms with Crippen LogP contribution in [0.4, 0.5) is 5.95 Å². The van der Waals surface area contributed by atoms with Crippen molar-refractivity contribution in [1.82, 2.24) is 9.97 Å². The number of rotatable bonds is 3. The summed E-state index contributed by atoms with van der Waals surface area (Å²) in [6.07, 6.45) is 1.53. The maximum atomic E-state index is 10.5. The predicted molar refractivity (Wildman–Crippen MR) is 54.6 cm³/mol. The molecule has 76 valence electrons. The molecule has 0 bridgehead atoms. The lowest BCUT2D eigenvalue weighted by Gasteiger charge is -2.05. The third-order valence-electron chi connectivity index (χ3n) is 1.42. The van der Waals surface area contributed by atoms with Crippen molar-refractivity contribution < 1.29 is 9.90 Å². The number of carboxylic acids is 1. The number of thioether (sulfide) groups is 1. The fourth-order valence-corrected chi connectivity index (χ4v) is 1.75. The van der Waals surface area contributed by atoms with Crippen molar-refractivity contribution in [1.29, 1.82) is 0 Å². The molecule has 3 N–H and O–H groups in total. The van der Waals surface area contributed by atoms with Gasteiger partial charge in [0, 0.05) is 0 Å². The monoisotopic (exact) mass is 233 g/mol. The molecule has 0 unspecified atom stereocenters. The number of aliphatic carboxylic acids is 1. The molecule has 0 aliphatic heterocycles. The first-order valence-corrected chi connectivity index (χ1v) is 5.22. The molecule has 7 heteroatoms. The molecule has 0 atom stereocenters. The number of nitrogen functional groups attached to an aromatic ring is 1. The van der Waals surface area contributed by atoms with Crippen LogP contribution in [-0.2, 0) is 11.2 Å². The zero-order valence-electron chi connectivity index (χ0n) is 7.32. The Hall–Kier alpha value is -1.01. The largest absolute Gasteiger partial charge is 0.481 e. The van der Waals surface area contributed by atoms with E-state index in [0.29, 0.717) is 5.03 Å². The second-order valence-corrected chi connectivity index (χ2v) is 3.60. The van der Waals surface area contributed by atoms with Crippen molar-refractivity contribution in [3.05, 3.63) is 10.7 Å². The topological polar surface area (TPSA) is 89.1 Å². The first-order chi connectivity index (χ1) is 6.54.